The van der Waals surface area contributed by atoms with Crippen LogP contribution in [0.4, 0.5) is 9.57 Å². The average molecular weight is 304 g/mol. The number of aromatic amines is 1. The molecule has 2 rings (SSSR count). The van der Waals surface area contributed by atoms with Gasteiger partial charge in [0.15, 0.2) is 0 Å². The SMILES string of the molecule is O=S(=O)(F)c1ccccc1NS(=O)(=O)c1cc[nH]c1. The number of sulfonamides is 1. The Morgan fingerprint density at radius 3 is 2.32 bits per heavy atom. The number of anilines is 1. The van der Waals surface area contributed by atoms with Gasteiger partial charge >= 0.3 is 10.2 Å². The Hall–Kier alpha value is -1.87. The lowest BCUT2D eigenvalue weighted by atomic mass is 10.3. The van der Waals surface area contributed by atoms with Crippen molar-refractivity contribution in [3.63, 3.8) is 0 Å². The third-order valence-electron chi connectivity index (χ3n) is 2.27. The fourth-order valence-electron chi connectivity index (χ4n) is 1.44. The number of hydrogen-bond donors (Lipinski definition) is 2. The van der Waals surface area contributed by atoms with Gasteiger partial charge in [0, 0.05) is 12.4 Å². The van der Waals surface area contributed by atoms with Crippen molar-refractivity contribution in [2.75, 3.05) is 4.72 Å². The predicted molar refractivity (Wildman–Crippen MR) is 66.3 cm³/mol. The van der Waals surface area contributed by atoms with E-state index in [4.69, 9.17) is 0 Å². The second kappa shape index (κ2) is 4.67. The van der Waals surface area contributed by atoms with E-state index in [1.54, 1.807) is 0 Å². The number of aromatic nitrogens is 1. The van der Waals surface area contributed by atoms with E-state index in [-0.39, 0.29) is 10.6 Å². The molecule has 102 valence electrons. The molecular formula is C10H9FN2O4S2. The second-order valence-electron chi connectivity index (χ2n) is 3.59. The summed E-state index contributed by atoms with van der Waals surface area (Å²) in [6.07, 6.45) is 2.61. The summed E-state index contributed by atoms with van der Waals surface area (Å²) in [5, 5.41) is 0. The smallest absolute Gasteiger partial charge is 0.334 e. The van der Waals surface area contributed by atoms with Crippen LogP contribution in [0.25, 0.3) is 0 Å². The summed E-state index contributed by atoms with van der Waals surface area (Å²) in [5.74, 6) is 0. The van der Waals surface area contributed by atoms with Crippen LogP contribution in [0, 0.1) is 0 Å². The molecule has 0 aliphatic rings. The van der Waals surface area contributed by atoms with Crippen LogP contribution in [0.5, 0.6) is 0 Å². The minimum atomic E-state index is -5.01. The van der Waals surface area contributed by atoms with Gasteiger partial charge < -0.3 is 4.98 Å². The first-order valence-corrected chi connectivity index (χ1v) is 7.87. The Morgan fingerprint density at radius 2 is 1.74 bits per heavy atom. The molecule has 0 bridgehead atoms. The zero-order chi connectivity index (χ0) is 14.1. The van der Waals surface area contributed by atoms with E-state index in [1.807, 2.05) is 4.72 Å². The van der Waals surface area contributed by atoms with Gasteiger partial charge in [-0.3, -0.25) is 4.72 Å². The van der Waals surface area contributed by atoms with Crippen molar-refractivity contribution in [3.05, 3.63) is 42.7 Å². The summed E-state index contributed by atoms with van der Waals surface area (Å²) >= 11 is 0. The average Bonchev–Trinajstić information content (AvgIpc) is 2.81. The molecule has 0 saturated carbocycles. The molecule has 0 spiro atoms. The van der Waals surface area contributed by atoms with Gasteiger partial charge in [-0.15, -0.1) is 3.89 Å². The van der Waals surface area contributed by atoms with E-state index in [2.05, 4.69) is 4.98 Å². The number of benzene rings is 1. The van der Waals surface area contributed by atoms with Gasteiger partial charge in [-0.1, -0.05) is 12.1 Å². The zero-order valence-electron chi connectivity index (χ0n) is 9.37. The van der Waals surface area contributed by atoms with Crippen molar-refractivity contribution in [2.45, 2.75) is 9.79 Å². The van der Waals surface area contributed by atoms with Crippen LogP contribution < -0.4 is 4.72 Å². The van der Waals surface area contributed by atoms with Crippen LogP contribution in [-0.4, -0.2) is 21.8 Å². The predicted octanol–water partition coefficient (Wildman–Crippen LogP) is 1.47. The van der Waals surface area contributed by atoms with E-state index >= 15 is 0 Å². The second-order valence-corrected chi connectivity index (χ2v) is 6.58. The van der Waals surface area contributed by atoms with Crippen molar-refractivity contribution in [3.8, 4) is 0 Å². The summed E-state index contributed by atoms with van der Waals surface area (Å²) < 4.78 is 60.7. The lowest BCUT2D eigenvalue weighted by Gasteiger charge is -2.09. The zero-order valence-corrected chi connectivity index (χ0v) is 11.0. The Balaban J connectivity index is 2.46. The molecule has 0 fully saturated rings. The normalized spacial score (nSPS) is 12.3. The molecule has 9 heteroatoms. The van der Waals surface area contributed by atoms with E-state index in [0.29, 0.717) is 0 Å². The first kappa shape index (κ1) is 13.6. The lowest BCUT2D eigenvalue weighted by Crippen LogP contribution is -2.14. The molecule has 0 radical (unpaired) electrons. The van der Waals surface area contributed by atoms with Gasteiger partial charge in [0.05, 0.1) is 5.69 Å². The molecule has 1 aromatic carbocycles. The molecule has 0 atom stereocenters. The van der Waals surface area contributed by atoms with Gasteiger partial charge in [0.2, 0.25) is 0 Å². The lowest BCUT2D eigenvalue weighted by molar-refractivity contribution is 0.552. The van der Waals surface area contributed by atoms with Gasteiger partial charge in [-0.2, -0.15) is 8.42 Å². The quantitative estimate of drug-likeness (QED) is 0.836. The van der Waals surface area contributed by atoms with Gasteiger partial charge in [0.25, 0.3) is 10.0 Å². The summed E-state index contributed by atoms with van der Waals surface area (Å²) in [6, 6.07) is 6.11. The highest BCUT2D eigenvalue weighted by molar-refractivity contribution is 7.93. The highest BCUT2D eigenvalue weighted by Gasteiger charge is 2.21. The molecule has 0 unspecified atom stereocenters. The summed E-state index contributed by atoms with van der Waals surface area (Å²) in [5.41, 5.74) is -0.341. The molecule has 0 saturated heterocycles. The first-order valence-electron chi connectivity index (χ1n) is 5.00. The molecule has 1 heterocycles. The van der Waals surface area contributed by atoms with Crippen LogP contribution in [-0.2, 0) is 20.2 Å². The molecule has 0 amide bonds. The largest absolute Gasteiger partial charge is 0.366 e. The van der Waals surface area contributed by atoms with Crippen LogP contribution >= 0.6 is 0 Å². The van der Waals surface area contributed by atoms with Crippen molar-refractivity contribution in [2.24, 2.45) is 0 Å². The van der Waals surface area contributed by atoms with Crippen molar-refractivity contribution in [1.82, 2.24) is 4.98 Å². The molecule has 2 N–H and O–H groups in total. The number of para-hydroxylation sites is 1. The van der Waals surface area contributed by atoms with E-state index < -0.39 is 25.1 Å². The van der Waals surface area contributed by atoms with Gasteiger partial charge in [0.1, 0.15) is 9.79 Å². The van der Waals surface area contributed by atoms with Gasteiger partial charge in [-0.05, 0) is 18.2 Å². The first-order chi connectivity index (χ1) is 8.81. The molecule has 19 heavy (non-hydrogen) atoms. The number of nitrogens with one attached hydrogen (secondary N) is 2. The van der Waals surface area contributed by atoms with E-state index in [0.717, 1.165) is 12.1 Å². The number of H-pyrrole nitrogens is 1. The van der Waals surface area contributed by atoms with Crippen LogP contribution in [0.15, 0.2) is 52.5 Å². The van der Waals surface area contributed by atoms with E-state index in [1.165, 1.54) is 30.6 Å². The summed E-state index contributed by atoms with van der Waals surface area (Å²) in [7, 11) is -8.97. The van der Waals surface area contributed by atoms with Crippen molar-refractivity contribution < 1.29 is 20.7 Å². The van der Waals surface area contributed by atoms with Gasteiger partial charge in [-0.25, -0.2) is 8.42 Å². The Morgan fingerprint density at radius 1 is 1.05 bits per heavy atom. The third kappa shape index (κ3) is 2.93. The van der Waals surface area contributed by atoms with Crippen LogP contribution in [0.2, 0.25) is 0 Å². The monoisotopic (exact) mass is 304 g/mol. The van der Waals surface area contributed by atoms with E-state index in [9.17, 15) is 20.7 Å². The molecule has 2 aromatic rings. The highest BCUT2D eigenvalue weighted by atomic mass is 32.3. The fourth-order valence-corrected chi connectivity index (χ4v) is 3.19. The molecule has 1 aromatic heterocycles. The minimum Gasteiger partial charge on any atom is -0.366 e. The Labute approximate surface area is 109 Å². The number of halogens is 1. The molecular weight excluding hydrogens is 295 g/mol. The number of rotatable bonds is 4. The van der Waals surface area contributed by atoms with Crippen molar-refractivity contribution >= 4 is 25.9 Å². The van der Waals surface area contributed by atoms with Crippen LogP contribution in [0.3, 0.4) is 0 Å². The Kier molecular flexibility index (Phi) is 3.33. The number of hydrogen-bond acceptors (Lipinski definition) is 4. The minimum absolute atomic E-state index is 0.0847. The molecule has 0 aliphatic carbocycles. The molecule has 6 nitrogen and oxygen atoms in total. The van der Waals surface area contributed by atoms with Crippen LogP contribution in [0.1, 0.15) is 0 Å². The maximum absolute atomic E-state index is 13.0. The maximum atomic E-state index is 13.0. The molecule has 0 aliphatic heterocycles. The standard InChI is InChI=1S/C10H9FN2O4S2/c11-18(14,15)10-4-2-1-3-9(10)13-19(16,17)8-5-6-12-7-8/h1-7,12-13H. The summed E-state index contributed by atoms with van der Waals surface area (Å²) in [6.45, 7) is 0. The Bertz CT molecular complexity index is 783. The fraction of sp³-hybridized carbons (Fsp3) is 0. The van der Waals surface area contributed by atoms with Crippen molar-refractivity contribution in [1.29, 1.82) is 0 Å². The maximum Gasteiger partial charge on any atom is 0.334 e. The highest BCUT2D eigenvalue weighted by Crippen LogP contribution is 2.25. The summed E-state index contributed by atoms with van der Waals surface area (Å²) in [4.78, 5) is 1.74. The third-order valence-corrected chi connectivity index (χ3v) is 4.52. The topological polar surface area (TPSA) is 96.1 Å².